The average molecular weight is 319 g/mol. The van der Waals surface area contributed by atoms with Crippen molar-refractivity contribution in [3.8, 4) is 0 Å². The fraction of sp³-hybridized carbons (Fsp3) is 0.706. The van der Waals surface area contributed by atoms with Crippen LogP contribution in [0, 0.1) is 0 Å². The van der Waals surface area contributed by atoms with Gasteiger partial charge in [-0.05, 0) is 61.0 Å². The molecule has 128 valence electrons. The van der Waals surface area contributed by atoms with Crippen LogP contribution in [0.4, 0.5) is 0 Å². The van der Waals surface area contributed by atoms with Gasteiger partial charge in [0.25, 0.3) is 0 Å². The predicted octanol–water partition coefficient (Wildman–Crippen LogP) is 2.87. The first-order valence-corrected chi connectivity index (χ1v) is 8.22. The fourth-order valence-electron chi connectivity index (χ4n) is 2.39. The minimum atomic E-state index is -0.342. The lowest BCUT2D eigenvalue weighted by Crippen LogP contribution is -2.41. The second-order valence-corrected chi connectivity index (χ2v) is 8.23. The van der Waals surface area contributed by atoms with E-state index in [4.69, 9.17) is 9.31 Å². The standard InChI is InChI=1S/C17H30BN3O2/c1-15(2,3)21-12-13(10-20-21)9-14(11-19-8)18-22-16(4,5)17(6,7)23-18/h9-10,12,19H,11H2,1-8H3. The third-order valence-electron chi connectivity index (χ3n) is 4.58. The lowest BCUT2D eigenvalue weighted by atomic mass is 9.77. The molecule has 23 heavy (non-hydrogen) atoms. The van der Waals surface area contributed by atoms with Gasteiger partial charge in [-0.1, -0.05) is 6.08 Å². The summed E-state index contributed by atoms with van der Waals surface area (Å²) in [5, 5.41) is 7.66. The van der Waals surface area contributed by atoms with Crippen molar-refractivity contribution in [2.24, 2.45) is 0 Å². The summed E-state index contributed by atoms with van der Waals surface area (Å²) < 4.78 is 14.3. The molecule has 0 bridgehead atoms. The van der Waals surface area contributed by atoms with Gasteiger partial charge in [0.05, 0.1) is 22.9 Å². The molecule has 0 aromatic carbocycles. The molecule has 1 N–H and O–H groups in total. The van der Waals surface area contributed by atoms with E-state index in [-0.39, 0.29) is 23.9 Å². The minimum absolute atomic E-state index is 0.0282. The lowest BCUT2D eigenvalue weighted by molar-refractivity contribution is 0.00578. The SMILES string of the molecule is CNCC(=Cc1cnn(C(C)(C)C)c1)B1OC(C)(C)C(C)(C)O1. The Morgan fingerprint density at radius 1 is 1.26 bits per heavy atom. The van der Waals surface area contributed by atoms with Crippen molar-refractivity contribution in [1.29, 1.82) is 0 Å². The van der Waals surface area contributed by atoms with Gasteiger partial charge in [-0.25, -0.2) is 0 Å². The Balaban J connectivity index is 2.27. The molecule has 2 rings (SSSR count). The van der Waals surface area contributed by atoms with E-state index in [9.17, 15) is 0 Å². The zero-order valence-corrected chi connectivity index (χ0v) is 15.7. The highest BCUT2D eigenvalue weighted by molar-refractivity contribution is 6.55. The molecule has 1 aromatic heterocycles. The molecule has 1 aliphatic heterocycles. The predicted molar refractivity (Wildman–Crippen MR) is 95.2 cm³/mol. The Bertz CT molecular complexity index is 569. The summed E-state index contributed by atoms with van der Waals surface area (Å²) in [4.78, 5) is 0. The molecule has 0 spiro atoms. The second kappa shape index (κ2) is 6.08. The summed E-state index contributed by atoms with van der Waals surface area (Å²) >= 11 is 0. The second-order valence-electron chi connectivity index (χ2n) is 8.23. The quantitative estimate of drug-likeness (QED) is 0.867. The van der Waals surface area contributed by atoms with E-state index in [1.54, 1.807) is 0 Å². The van der Waals surface area contributed by atoms with Gasteiger partial charge in [0.2, 0.25) is 0 Å². The largest absolute Gasteiger partial charge is 0.491 e. The summed E-state index contributed by atoms with van der Waals surface area (Å²) in [6.45, 7) is 15.4. The maximum Gasteiger partial charge on any atom is 0.491 e. The molecule has 1 fully saturated rings. The lowest BCUT2D eigenvalue weighted by Gasteiger charge is -2.32. The van der Waals surface area contributed by atoms with Crippen LogP contribution in [0.1, 0.15) is 54.0 Å². The highest BCUT2D eigenvalue weighted by atomic mass is 16.7. The van der Waals surface area contributed by atoms with Crippen LogP contribution in [0.3, 0.4) is 0 Å². The van der Waals surface area contributed by atoms with Crippen LogP contribution in [-0.4, -0.2) is 41.7 Å². The molecular weight excluding hydrogens is 289 g/mol. The molecule has 0 unspecified atom stereocenters. The molecule has 1 aromatic rings. The van der Waals surface area contributed by atoms with E-state index < -0.39 is 0 Å². The van der Waals surface area contributed by atoms with Crippen LogP contribution in [-0.2, 0) is 14.8 Å². The number of hydrogen-bond acceptors (Lipinski definition) is 4. The number of hydrogen-bond donors (Lipinski definition) is 1. The number of nitrogens with zero attached hydrogens (tertiary/aromatic N) is 2. The van der Waals surface area contributed by atoms with Crippen molar-refractivity contribution in [2.75, 3.05) is 13.6 Å². The van der Waals surface area contributed by atoms with E-state index >= 15 is 0 Å². The smallest absolute Gasteiger partial charge is 0.400 e. The average Bonchev–Trinajstić information content (AvgIpc) is 2.92. The Labute approximate surface area is 140 Å². The van der Waals surface area contributed by atoms with E-state index in [1.807, 2.05) is 17.9 Å². The minimum Gasteiger partial charge on any atom is -0.400 e. The maximum atomic E-state index is 6.17. The first-order chi connectivity index (χ1) is 10.5. The van der Waals surface area contributed by atoms with Crippen LogP contribution in [0.5, 0.6) is 0 Å². The number of likely N-dealkylation sites (N-methyl/N-ethyl adjacent to an activating group) is 1. The number of aromatic nitrogens is 2. The van der Waals surface area contributed by atoms with Crippen molar-refractivity contribution in [2.45, 2.75) is 65.2 Å². The molecule has 1 aliphatic rings. The molecule has 5 nitrogen and oxygen atoms in total. The Morgan fingerprint density at radius 2 is 1.83 bits per heavy atom. The zero-order valence-electron chi connectivity index (χ0n) is 15.7. The molecule has 0 atom stereocenters. The number of nitrogens with one attached hydrogen (secondary N) is 1. The van der Waals surface area contributed by atoms with Crippen molar-refractivity contribution in [1.82, 2.24) is 15.1 Å². The normalized spacial score (nSPS) is 21.0. The third-order valence-corrected chi connectivity index (χ3v) is 4.58. The van der Waals surface area contributed by atoms with Gasteiger partial charge < -0.3 is 14.6 Å². The van der Waals surface area contributed by atoms with Gasteiger partial charge in [0, 0.05) is 18.3 Å². The van der Waals surface area contributed by atoms with Crippen molar-refractivity contribution in [3.05, 3.63) is 23.4 Å². The fourth-order valence-corrected chi connectivity index (χ4v) is 2.39. The van der Waals surface area contributed by atoms with E-state index in [1.165, 1.54) is 0 Å². The molecule has 6 heteroatoms. The van der Waals surface area contributed by atoms with Gasteiger partial charge in [-0.2, -0.15) is 5.10 Å². The third kappa shape index (κ3) is 3.87. The van der Waals surface area contributed by atoms with Crippen LogP contribution in [0.15, 0.2) is 17.9 Å². The van der Waals surface area contributed by atoms with Gasteiger partial charge in [0.15, 0.2) is 0 Å². The van der Waals surface area contributed by atoms with Gasteiger partial charge in [-0.15, -0.1) is 0 Å². The van der Waals surface area contributed by atoms with Crippen molar-refractivity contribution < 1.29 is 9.31 Å². The van der Waals surface area contributed by atoms with Crippen LogP contribution in [0.2, 0.25) is 0 Å². The van der Waals surface area contributed by atoms with Crippen molar-refractivity contribution >= 4 is 13.2 Å². The first kappa shape index (κ1) is 18.2. The molecule has 2 heterocycles. The molecule has 0 amide bonds. The van der Waals surface area contributed by atoms with Gasteiger partial charge in [0.1, 0.15) is 0 Å². The molecule has 0 saturated carbocycles. The maximum absolute atomic E-state index is 6.17. The number of rotatable bonds is 4. The van der Waals surface area contributed by atoms with E-state index in [0.29, 0.717) is 6.54 Å². The zero-order chi connectivity index (χ0) is 17.5. The Kier molecular flexibility index (Phi) is 4.82. The summed E-state index contributed by atoms with van der Waals surface area (Å²) in [6.07, 6.45) is 6.04. The Hall–Kier alpha value is -1.11. The summed E-state index contributed by atoms with van der Waals surface area (Å²) in [6, 6.07) is 0. The molecule has 0 radical (unpaired) electrons. The van der Waals surface area contributed by atoms with Gasteiger partial charge >= 0.3 is 7.12 Å². The topological polar surface area (TPSA) is 48.3 Å². The van der Waals surface area contributed by atoms with E-state index in [0.717, 1.165) is 11.0 Å². The molecule has 1 saturated heterocycles. The first-order valence-electron chi connectivity index (χ1n) is 8.22. The Morgan fingerprint density at radius 3 is 2.26 bits per heavy atom. The van der Waals surface area contributed by atoms with Crippen LogP contribution >= 0.6 is 0 Å². The van der Waals surface area contributed by atoms with E-state index in [2.05, 4.69) is 71.2 Å². The van der Waals surface area contributed by atoms with Crippen LogP contribution < -0.4 is 5.32 Å². The summed E-state index contributed by atoms with van der Waals surface area (Å²) in [7, 11) is 1.59. The summed E-state index contributed by atoms with van der Waals surface area (Å²) in [5.74, 6) is 0. The molecular formula is C17H30BN3O2. The summed E-state index contributed by atoms with van der Waals surface area (Å²) in [5.41, 5.74) is 1.43. The highest BCUT2D eigenvalue weighted by Gasteiger charge is 2.52. The monoisotopic (exact) mass is 319 g/mol. The van der Waals surface area contributed by atoms with Crippen LogP contribution in [0.25, 0.3) is 6.08 Å². The highest BCUT2D eigenvalue weighted by Crippen LogP contribution is 2.38. The van der Waals surface area contributed by atoms with Crippen molar-refractivity contribution in [3.63, 3.8) is 0 Å². The molecule has 0 aliphatic carbocycles. The van der Waals surface area contributed by atoms with Gasteiger partial charge in [-0.3, -0.25) is 4.68 Å².